The fourth-order valence-electron chi connectivity index (χ4n) is 1.92. The molecular weight excluding hydrogens is 304 g/mol. The molecule has 106 valence electrons. The van der Waals surface area contributed by atoms with Crippen LogP contribution in [-0.2, 0) is 5.75 Å². The van der Waals surface area contributed by atoms with Crippen molar-refractivity contribution in [2.45, 2.75) is 28.9 Å². The van der Waals surface area contributed by atoms with Crippen LogP contribution < -0.4 is 0 Å². The zero-order valence-corrected chi connectivity index (χ0v) is 12.7. The number of aromatic nitrogens is 4. The van der Waals surface area contributed by atoms with E-state index in [4.69, 9.17) is 4.52 Å². The summed E-state index contributed by atoms with van der Waals surface area (Å²) in [6.07, 6.45) is 2.34. The van der Waals surface area contributed by atoms with Crippen LogP contribution in [-0.4, -0.2) is 19.5 Å². The van der Waals surface area contributed by atoms with Gasteiger partial charge in [-0.05, 0) is 24.4 Å². The first-order valence-corrected chi connectivity index (χ1v) is 8.49. The molecule has 0 saturated heterocycles. The average Bonchev–Trinajstić information content (AvgIpc) is 3.09. The van der Waals surface area contributed by atoms with Crippen molar-refractivity contribution in [1.29, 1.82) is 0 Å². The van der Waals surface area contributed by atoms with Crippen LogP contribution >= 0.6 is 23.3 Å². The molecule has 3 aromatic rings. The highest BCUT2D eigenvalue weighted by atomic mass is 32.2. The van der Waals surface area contributed by atoms with Crippen LogP contribution in [0.25, 0.3) is 11.4 Å². The Kier molecular flexibility index (Phi) is 3.44. The molecule has 0 radical (unpaired) electrons. The van der Waals surface area contributed by atoms with Gasteiger partial charge in [-0.25, -0.2) is 4.98 Å². The fraction of sp³-hybridized carbons (Fsp3) is 0.286. The van der Waals surface area contributed by atoms with Crippen LogP contribution in [0.2, 0.25) is 0 Å². The lowest BCUT2D eigenvalue weighted by molar-refractivity contribution is 0.375. The molecule has 0 atom stereocenters. The van der Waals surface area contributed by atoms with Crippen molar-refractivity contribution in [3.63, 3.8) is 0 Å². The summed E-state index contributed by atoms with van der Waals surface area (Å²) in [4.78, 5) is 8.94. The predicted octanol–water partition coefficient (Wildman–Crippen LogP) is 3.76. The van der Waals surface area contributed by atoms with E-state index in [0.717, 1.165) is 27.4 Å². The van der Waals surface area contributed by atoms with E-state index < -0.39 is 0 Å². The van der Waals surface area contributed by atoms with Crippen molar-refractivity contribution in [2.75, 3.05) is 0 Å². The minimum absolute atomic E-state index is 0.502. The second-order valence-corrected chi connectivity index (χ2v) is 6.84. The lowest BCUT2D eigenvalue weighted by Crippen LogP contribution is -1.85. The summed E-state index contributed by atoms with van der Waals surface area (Å²) in [5.41, 5.74) is 1.04. The van der Waals surface area contributed by atoms with E-state index in [0.29, 0.717) is 11.7 Å². The Balaban J connectivity index is 1.41. The van der Waals surface area contributed by atoms with Gasteiger partial charge in [-0.1, -0.05) is 47.3 Å². The maximum Gasteiger partial charge on any atom is 0.229 e. The van der Waals surface area contributed by atoms with Crippen molar-refractivity contribution in [3.05, 3.63) is 42.0 Å². The normalized spacial score (nSPS) is 14.5. The Bertz CT molecular complexity index is 736. The molecule has 1 aromatic carbocycles. The number of benzene rings is 1. The highest BCUT2D eigenvalue weighted by Gasteiger charge is 2.29. The fourth-order valence-corrected chi connectivity index (χ4v) is 3.38. The van der Waals surface area contributed by atoms with Gasteiger partial charge in [0.15, 0.2) is 16.0 Å². The number of thioether (sulfide) groups is 1. The third-order valence-electron chi connectivity index (χ3n) is 3.17. The first-order chi connectivity index (χ1) is 10.4. The molecule has 2 heterocycles. The van der Waals surface area contributed by atoms with Crippen molar-refractivity contribution in [3.8, 4) is 11.4 Å². The van der Waals surface area contributed by atoms with E-state index in [1.165, 1.54) is 24.4 Å². The molecule has 5 nitrogen and oxygen atoms in total. The topological polar surface area (TPSA) is 64.7 Å². The smallest absolute Gasteiger partial charge is 0.229 e. The maximum atomic E-state index is 5.24. The standard InChI is InChI=1S/C14H12N4OS2/c1-2-4-9(5-3-1)12-16-14(21-18-12)20-8-11-15-13(19-17-11)10-6-7-10/h1-5,10H,6-8H2. The summed E-state index contributed by atoms with van der Waals surface area (Å²) in [7, 11) is 0. The third-order valence-corrected chi connectivity index (χ3v) is 5.00. The first kappa shape index (κ1) is 13.0. The van der Waals surface area contributed by atoms with Crippen LogP contribution in [0.1, 0.15) is 30.5 Å². The van der Waals surface area contributed by atoms with E-state index in [1.54, 1.807) is 11.8 Å². The van der Waals surface area contributed by atoms with Gasteiger partial charge >= 0.3 is 0 Å². The molecule has 4 rings (SSSR count). The molecule has 1 aliphatic rings. The van der Waals surface area contributed by atoms with Gasteiger partial charge in [-0.3, -0.25) is 0 Å². The molecular formula is C14H12N4OS2. The Hall–Kier alpha value is -1.73. The van der Waals surface area contributed by atoms with Gasteiger partial charge < -0.3 is 4.52 Å². The lowest BCUT2D eigenvalue weighted by Gasteiger charge is -1.92. The SMILES string of the molecule is c1ccc(-c2nsc(SCc3noc(C4CC4)n3)n2)cc1. The van der Waals surface area contributed by atoms with E-state index in [-0.39, 0.29) is 0 Å². The highest BCUT2D eigenvalue weighted by molar-refractivity contribution is 8.00. The number of hydrogen-bond donors (Lipinski definition) is 0. The van der Waals surface area contributed by atoms with Crippen LogP contribution in [0.5, 0.6) is 0 Å². The molecule has 0 bridgehead atoms. The second kappa shape index (κ2) is 5.57. The molecule has 1 saturated carbocycles. The zero-order chi connectivity index (χ0) is 14.1. The predicted molar refractivity (Wildman–Crippen MR) is 81.2 cm³/mol. The summed E-state index contributed by atoms with van der Waals surface area (Å²) < 4.78 is 10.6. The number of rotatable bonds is 5. The number of nitrogens with zero attached hydrogens (tertiary/aromatic N) is 4. The van der Waals surface area contributed by atoms with Crippen molar-refractivity contribution in [1.82, 2.24) is 19.5 Å². The molecule has 1 aliphatic carbocycles. The largest absolute Gasteiger partial charge is 0.339 e. The van der Waals surface area contributed by atoms with Gasteiger partial charge in [0.25, 0.3) is 0 Å². The van der Waals surface area contributed by atoms with Gasteiger partial charge in [0.1, 0.15) is 0 Å². The van der Waals surface area contributed by atoms with E-state index in [9.17, 15) is 0 Å². The van der Waals surface area contributed by atoms with Crippen LogP contribution in [0.3, 0.4) is 0 Å². The van der Waals surface area contributed by atoms with Crippen LogP contribution in [0.4, 0.5) is 0 Å². The Morgan fingerprint density at radius 2 is 2.05 bits per heavy atom. The summed E-state index contributed by atoms with van der Waals surface area (Å²) in [6.45, 7) is 0. The molecule has 0 unspecified atom stereocenters. The van der Waals surface area contributed by atoms with Gasteiger partial charge in [-0.15, -0.1) is 0 Å². The molecule has 0 aliphatic heterocycles. The summed E-state index contributed by atoms with van der Waals surface area (Å²) >= 11 is 3.00. The molecule has 7 heteroatoms. The average molecular weight is 316 g/mol. The van der Waals surface area contributed by atoms with Crippen molar-refractivity contribution >= 4 is 23.3 Å². The van der Waals surface area contributed by atoms with Gasteiger partial charge in [0.05, 0.1) is 5.75 Å². The minimum atomic E-state index is 0.502. The number of hydrogen-bond acceptors (Lipinski definition) is 7. The van der Waals surface area contributed by atoms with E-state index >= 15 is 0 Å². The van der Waals surface area contributed by atoms with Crippen LogP contribution in [0.15, 0.2) is 39.2 Å². The van der Waals surface area contributed by atoms with Gasteiger partial charge in [-0.2, -0.15) is 9.36 Å². The van der Waals surface area contributed by atoms with Crippen LogP contribution in [0, 0.1) is 0 Å². The third kappa shape index (κ3) is 2.98. The monoisotopic (exact) mass is 316 g/mol. The summed E-state index contributed by atoms with van der Waals surface area (Å²) in [5, 5.41) is 4.01. The Labute approximate surface area is 130 Å². The van der Waals surface area contributed by atoms with Crippen molar-refractivity contribution in [2.24, 2.45) is 0 Å². The van der Waals surface area contributed by atoms with E-state index in [1.807, 2.05) is 30.3 Å². The molecule has 2 aromatic heterocycles. The lowest BCUT2D eigenvalue weighted by atomic mass is 10.2. The molecule has 0 amide bonds. The molecule has 1 fully saturated rings. The Morgan fingerprint density at radius 3 is 2.86 bits per heavy atom. The molecule has 21 heavy (non-hydrogen) atoms. The minimum Gasteiger partial charge on any atom is -0.339 e. The van der Waals surface area contributed by atoms with E-state index in [2.05, 4.69) is 19.5 Å². The zero-order valence-electron chi connectivity index (χ0n) is 11.1. The molecule has 0 spiro atoms. The second-order valence-electron chi connectivity index (χ2n) is 4.86. The first-order valence-electron chi connectivity index (χ1n) is 6.73. The van der Waals surface area contributed by atoms with Gasteiger partial charge in [0.2, 0.25) is 5.89 Å². The summed E-state index contributed by atoms with van der Waals surface area (Å²) in [6, 6.07) is 9.98. The quantitative estimate of drug-likeness (QED) is 0.668. The maximum absolute atomic E-state index is 5.24. The Morgan fingerprint density at radius 1 is 1.19 bits per heavy atom. The molecule has 0 N–H and O–H groups in total. The van der Waals surface area contributed by atoms with Crippen molar-refractivity contribution < 1.29 is 4.52 Å². The summed E-state index contributed by atoms with van der Waals surface area (Å²) in [5.74, 6) is 3.46. The van der Waals surface area contributed by atoms with Gasteiger partial charge in [0, 0.05) is 11.5 Å². The highest BCUT2D eigenvalue weighted by Crippen LogP contribution is 2.39.